The van der Waals surface area contributed by atoms with Gasteiger partial charge in [-0.2, -0.15) is 0 Å². The van der Waals surface area contributed by atoms with Crippen molar-refractivity contribution in [1.29, 1.82) is 0 Å². The second kappa shape index (κ2) is 3.43. The summed E-state index contributed by atoms with van der Waals surface area (Å²) in [6, 6.07) is 2.49. The molecule has 0 bridgehead atoms. The Morgan fingerprint density at radius 1 is 1.54 bits per heavy atom. The van der Waals surface area contributed by atoms with Crippen molar-refractivity contribution in [2.75, 3.05) is 6.26 Å². The van der Waals surface area contributed by atoms with Crippen molar-refractivity contribution in [3.63, 3.8) is 0 Å². The predicted octanol–water partition coefficient (Wildman–Crippen LogP) is 0.864. The Bertz CT molecular complexity index is 441. The van der Waals surface area contributed by atoms with Crippen LogP contribution in [0.1, 0.15) is 10.4 Å². The van der Waals surface area contributed by atoms with E-state index in [2.05, 4.69) is 4.98 Å². The number of hydrogen-bond acceptors (Lipinski definition) is 4. The fourth-order valence-electron chi connectivity index (χ4n) is 0.734. The highest BCUT2D eigenvalue weighted by atomic mass is 35.5. The molecule has 1 heterocycles. The van der Waals surface area contributed by atoms with E-state index in [1.807, 2.05) is 0 Å². The van der Waals surface area contributed by atoms with Crippen LogP contribution in [0.2, 0.25) is 0 Å². The van der Waals surface area contributed by atoms with Crippen LogP contribution in [0, 0.1) is 0 Å². The number of halogens is 1. The van der Waals surface area contributed by atoms with E-state index in [9.17, 15) is 13.2 Å². The smallest absolute Gasteiger partial charge is 0.252 e. The van der Waals surface area contributed by atoms with Gasteiger partial charge >= 0.3 is 0 Å². The van der Waals surface area contributed by atoms with Crippen LogP contribution in [0.3, 0.4) is 0 Å². The zero-order valence-electron chi connectivity index (χ0n) is 6.69. The Morgan fingerprint density at radius 3 is 2.62 bits per heavy atom. The third-order valence-corrected chi connectivity index (χ3v) is 2.54. The van der Waals surface area contributed by atoms with Crippen LogP contribution in [0.4, 0.5) is 0 Å². The van der Waals surface area contributed by atoms with Crippen molar-refractivity contribution >= 4 is 26.7 Å². The highest BCUT2D eigenvalue weighted by Crippen LogP contribution is 2.09. The molecule has 0 N–H and O–H groups in total. The molecular formula is C7H6ClNO3S. The lowest BCUT2D eigenvalue weighted by atomic mass is 10.3. The second-order valence-corrected chi connectivity index (χ2v) is 4.73. The largest absolute Gasteiger partial charge is 0.276 e. The molecule has 0 amide bonds. The van der Waals surface area contributed by atoms with Gasteiger partial charge in [0.2, 0.25) is 0 Å². The van der Waals surface area contributed by atoms with Crippen molar-refractivity contribution in [1.82, 2.24) is 4.98 Å². The standard InChI is InChI=1S/C7H6ClNO3S/c1-13(11,12)6-4-5(7(8)10)2-3-9-6/h2-4H,1H3. The third kappa shape index (κ3) is 2.50. The van der Waals surface area contributed by atoms with Crippen molar-refractivity contribution in [3.8, 4) is 0 Å². The minimum atomic E-state index is -3.38. The van der Waals surface area contributed by atoms with E-state index in [0.29, 0.717) is 0 Å². The van der Waals surface area contributed by atoms with E-state index in [1.165, 1.54) is 12.3 Å². The molecule has 0 radical (unpaired) electrons. The molecule has 6 heteroatoms. The van der Waals surface area contributed by atoms with E-state index in [-0.39, 0.29) is 10.6 Å². The van der Waals surface area contributed by atoms with Crippen molar-refractivity contribution in [3.05, 3.63) is 23.9 Å². The monoisotopic (exact) mass is 219 g/mol. The Balaban J connectivity index is 3.29. The summed E-state index contributed by atoms with van der Waals surface area (Å²) < 4.78 is 22.0. The summed E-state index contributed by atoms with van der Waals surface area (Å²) in [7, 11) is -3.38. The topological polar surface area (TPSA) is 64.1 Å². The number of pyridine rings is 1. The average molecular weight is 220 g/mol. The van der Waals surface area contributed by atoms with Crippen LogP contribution < -0.4 is 0 Å². The highest BCUT2D eigenvalue weighted by molar-refractivity contribution is 7.90. The highest BCUT2D eigenvalue weighted by Gasteiger charge is 2.11. The van der Waals surface area contributed by atoms with Crippen molar-refractivity contribution < 1.29 is 13.2 Å². The number of rotatable bonds is 2. The van der Waals surface area contributed by atoms with Crippen LogP contribution >= 0.6 is 11.6 Å². The SMILES string of the molecule is CS(=O)(=O)c1cc(C(=O)Cl)ccn1. The zero-order valence-corrected chi connectivity index (χ0v) is 8.26. The van der Waals surface area contributed by atoms with E-state index in [4.69, 9.17) is 11.6 Å². The van der Waals surface area contributed by atoms with Gasteiger partial charge in [0.25, 0.3) is 5.24 Å². The van der Waals surface area contributed by atoms with Crippen LogP contribution in [0.25, 0.3) is 0 Å². The number of nitrogens with zero attached hydrogens (tertiary/aromatic N) is 1. The number of carbonyl (C=O) groups is 1. The minimum absolute atomic E-state index is 0.122. The molecule has 0 aliphatic carbocycles. The van der Waals surface area contributed by atoms with Crippen LogP contribution in [-0.2, 0) is 9.84 Å². The molecule has 0 atom stereocenters. The summed E-state index contributed by atoms with van der Waals surface area (Å²) in [5, 5.41) is -0.855. The van der Waals surface area contributed by atoms with Gasteiger partial charge in [-0.25, -0.2) is 13.4 Å². The first kappa shape index (κ1) is 10.1. The number of sulfone groups is 1. The maximum atomic E-state index is 11.0. The molecule has 0 saturated carbocycles. The van der Waals surface area contributed by atoms with E-state index in [1.54, 1.807) is 0 Å². The molecule has 0 unspecified atom stereocenters. The van der Waals surface area contributed by atoms with Gasteiger partial charge in [-0.15, -0.1) is 0 Å². The van der Waals surface area contributed by atoms with Gasteiger partial charge in [-0.1, -0.05) is 0 Å². The average Bonchev–Trinajstić information content (AvgIpc) is 2.03. The van der Waals surface area contributed by atoms with E-state index in [0.717, 1.165) is 12.3 Å². The molecular weight excluding hydrogens is 214 g/mol. The summed E-state index contributed by atoms with van der Waals surface area (Å²) in [5.41, 5.74) is 0.122. The molecule has 1 rings (SSSR count). The van der Waals surface area contributed by atoms with Gasteiger partial charge in [0.05, 0.1) is 0 Å². The van der Waals surface area contributed by atoms with Crippen LogP contribution in [0.15, 0.2) is 23.4 Å². The summed E-state index contributed by atoms with van der Waals surface area (Å²) in [5.74, 6) is 0. The first-order chi connectivity index (χ1) is 5.91. The van der Waals surface area contributed by atoms with Crippen molar-refractivity contribution in [2.45, 2.75) is 5.03 Å². The molecule has 13 heavy (non-hydrogen) atoms. The first-order valence-electron chi connectivity index (χ1n) is 3.27. The zero-order chi connectivity index (χ0) is 10.1. The van der Waals surface area contributed by atoms with Crippen molar-refractivity contribution in [2.24, 2.45) is 0 Å². The molecule has 0 aromatic carbocycles. The fraction of sp³-hybridized carbons (Fsp3) is 0.143. The maximum Gasteiger partial charge on any atom is 0.252 e. The molecule has 0 spiro atoms. The van der Waals surface area contributed by atoms with Gasteiger partial charge in [0, 0.05) is 18.0 Å². The quantitative estimate of drug-likeness (QED) is 0.693. The van der Waals surface area contributed by atoms with Gasteiger partial charge < -0.3 is 0 Å². The first-order valence-corrected chi connectivity index (χ1v) is 5.54. The normalized spacial score (nSPS) is 11.2. The van der Waals surface area contributed by atoms with Crippen LogP contribution in [-0.4, -0.2) is 24.9 Å². The summed E-state index contributed by atoms with van der Waals surface area (Å²) in [6.07, 6.45) is 2.24. The molecule has 1 aromatic rings. The Morgan fingerprint density at radius 2 is 2.15 bits per heavy atom. The van der Waals surface area contributed by atoms with E-state index >= 15 is 0 Å². The molecule has 0 saturated heterocycles. The lowest BCUT2D eigenvalue weighted by Crippen LogP contribution is -2.02. The lowest BCUT2D eigenvalue weighted by molar-refractivity contribution is 0.108. The van der Waals surface area contributed by atoms with Gasteiger partial charge in [-0.05, 0) is 23.7 Å². The Labute approximate surface area is 80.5 Å². The number of aromatic nitrogens is 1. The summed E-state index contributed by atoms with van der Waals surface area (Å²) in [4.78, 5) is 14.3. The molecule has 1 aromatic heterocycles. The Kier molecular flexibility index (Phi) is 2.68. The van der Waals surface area contributed by atoms with Gasteiger partial charge in [-0.3, -0.25) is 4.79 Å². The second-order valence-electron chi connectivity index (χ2n) is 2.43. The van der Waals surface area contributed by atoms with Gasteiger partial charge in [0.15, 0.2) is 14.9 Å². The molecule has 0 aliphatic heterocycles. The molecule has 70 valence electrons. The van der Waals surface area contributed by atoms with Crippen LogP contribution in [0.5, 0.6) is 0 Å². The maximum absolute atomic E-state index is 11.0. The number of carbonyl (C=O) groups excluding carboxylic acids is 1. The van der Waals surface area contributed by atoms with Gasteiger partial charge in [0.1, 0.15) is 0 Å². The van der Waals surface area contributed by atoms with E-state index < -0.39 is 15.1 Å². The summed E-state index contributed by atoms with van der Waals surface area (Å²) >= 11 is 5.16. The minimum Gasteiger partial charge on any atom is -0.276 e. The lowest BCUT2D eigenvalue weighted by Gasteiger charge is -1.97. The number of hydrogen-bond donors (Lipinski definition) is 0. The predicted molar refractivity (Wildman–Crippen MR) is 47.5 cm³/mol. The Hall–Kier alpha value is -0.940. The molecule has 0 aliphatic rings. The third-order valence-electron chi connectivity index (χ3n) is 1.34. The summed E-state index contributed by atoms with van der Waals surface area (Å²) in [6.45, 7) is 0. The molecule has 4 nitrogen and oxygen atoms in total. The fourth-order valence-corrected chi connectivity index (χ4v) is 1.45. The molecule has 0 fully saturated rings.